The van der Waals surface area contributed by atoms with E-state index in [1.165, 1.54) is 6.08 Å². The van der Waals surface area contributed by atoms with Gasteiger partial charge in [0, 0.05) is 49.4 Å². The van der Waals surface area contributed by atoms with E-state index in [2.05, 4.69) is 15.4 Å². The number of nitrogens with zero attached hydrogens (tertiary/aromatic N) is 4. The summed E-state index contributed by atoms with van der Waals surface area (Å²) < 4.78 is 1.77. The summed E-state index contributed by atoms with van der Waals surface area (Å²) in [5.74, 6) is -0.358. The molecule has 4 rings (SSSR count). The third-order valence-corrected chi connectivity index (χ3v) is 4.86. The summed E-state index contributed by atoms with van der Waals surface area (Å²) in [5.41, 5.74) is 3.28. The summed E-state index contributed by atoms with van der Waals surface area (Å²) in [5, 5.41) is 7.46. The number of pyridine rings is 1. The highest BCUT2D eigenvalue weighted by atomic mass is 16.2. The molecule has 1 aliphatic heterocycles. The first-order chi connectivity index (χ1) is 14.1. The van der Waals surface area contributed by atoms with Gasteiger partial charge in [-0.15, -0.1) is 0 Å². The number of nitrogens with one attached hydrogen (secondary N) is 1. The molecule has 3 aromatic rings. The molecule has 7 heteroatoms. The zero-order chi connectivity index (χ0) is 20.2. The summed E-state index contributed by atoms with van der Waals surface area (Å²) in [6, 6.07) is 13.1. The molecule has 2 aromatic heterocycles. The molecule has 0 aliphatic carbocycles. The van der Waals surface area contributed by atoms with Crippen molar-refractivity contribution in [3.05, 3.63) is 72.7 Å². The first-order valence-corrected chi connectivity index (χ1v) is 9.41. The molecule has 146 valence electrons. The number of hydrogen-bond donors (Lipinski definition) is 1. The van der Waals surface area contributed by atoms with Gasteiger partial charge in [-0.05, 0) is 36.8 Å². The Balaban J connectivity index is 1.60. The van der Waals surface area contributed by atoms with Crippen LogP contribution in [0.5, 0.6) is 0 Å². The number of aromatic nitrogens is 3. The molecule has 29 heavy (non-hydrogen) atoms. The van der Waals surface area contributed by atoms with E-state index in [0.29, 0.717) is 13.0 Å². The van der Waals surface area contributed by atoms with Gasteiger partial charge in [-0.3, -0.25) is 14.6 Å². The van der Waals surface area contributed by atoms with E-state index < -0.39 is 6.04 Å². The van der Waals surface area contributed by atoms with Gasteiger partial charge in [0.05, 0.1) is 5.69 Å². The molecule has 0 radical (unpaired) electrons. The van der Waals surface area contributed by atoms with Crippen LogP contribution in [0.15, 0.2) is 67.1 Å². The zero-order valence-corrected chi connectivity index (χ0v) is 16.0. The Morgan fingerprint density at radius 1 is 1.21 bits per heavy atom. The van der Waals surface area contributed by atoms with Crippen LogP contribution in [-0.2, 0) is 9.59 Å². The van der Waals surface area contributed by atoms with Gasteiger partial charge in [-0.1, -0.05) is 18.2 Å². The molecule has 0 bridgehead atoms. The first kappa shape index (κ1) is 18.6. The van der Waals surface area contributed by atoms with Crippen molar-refractivity contribution in [3.63, 3.8) is 0 Å². The van der Waals surface area contributed by atoms with E-state index in [1.807, 2.05) is 48.7 Å². The van der Waals surface area contributed by atoms with E-state index in [0.717, 1.165) is 22.5 Å². The van der Waals surface area contributed by atoms with Gasteiger partial charge < -0.3 is 10.2 Å². The van der Waals surface area contributed by atoms with Gasteiger partial charge in [0.1, 0.15) is 11.7 Å². The monoisotopic (exact) mass is 387 g/mol. The summed E-state index contributed by atoms with van der Waals surface area (Å²) in [6.45, 7) is 0.655. The molecule has 1 unspecified atom stereocenters. The van der Waals surface area contributed by atoms with E-state index >= 15 is 0 Å². The van der Waals surface area contributed by atoms with Crippen molar-refractivity contribution >= 4 is 17.9 Å². The van der Waals surface area contributed by atoms with E-state index in [4.69, 9.17) is 0 Å². The van der Waals surface area contributed by atoms with Crippen molar-refractivity contribution in [1.82, 2.24) is 25.0 Å². The Morgan fingerprint density at radius 2 is 2.03 bits per heavy atom. The molecule has 2 amide bonds. The van der Waals surface area contributed by atoms with Crippen LogP contribution in [0, 0.1) is 0 Å². The molecular weight excluding hydrogens is 366 g/mol. The lowest BCUT2D eigenvalue weighted by Crippen LogP contribution is -2.39. The summed E-state index contributed by atoms with van der Waals surface area (Å²) >= 11 is 0. The fraction of sp³-hybridized carbons (Fsp3) is 0.182. The largest absolute Gasteiger partial charge is 0.344 e. The number of rotatable bonds is 5. The second-order valence-corrected chi connectivity index (χ2v) is 6.90. The number of para-hydroxylation sites is 1. The maximum atomic E-state index is 12.3. The molecular formula is C22H21N5O2. The highest BCUT2D eigenvalue weighted by Crippen LogP contribution is 2.24. The highest BCUT2D eigenvalue weighted by molar-refractivity contribution is 5.96. The van der Waals surface area contributed by atoms with Gasteiger partial charge in [0.2, 0.25) is 11.8 Å². The minimum atomic E-state index is -0.456. The minimum absolute atomic E-state index is 0.0558. The standard InChI is InChI=1S/C22H21N5O2/c1-26-13-11-19(22(26)29)24-20(28)10-9-17-15-27(18-7-3-2-4-8-18)25-21(17)16-6-5-12-23-14-16/h2-10,12,14-15,19H,11,13H2,1H3,(H,24,28)/b10-9+. The Kier molecular flexibility index (Phi) is 5.20. The fourth-order valence-corrected chi connectivity index (χ4v) is 3.29. The number of hydrogen-bond acceptors (Lipinski definition) is 4. The molecule has 1 atom stereocenters. The van der Waals surface area contributed by atoms with Gasteiger partial charge >= 0.3 is 0 Å². The van der Waals surface area contributed by atoms with Crippen LogP contribution in [0.1, 0.15) is 12.0 Å². The molecule has 0 saturated carbocycles. The Labute approximate surface area is 168 Å². The van der Waals surface area contributed by atoms with E-state index in [-0.39, 0.29) is 11.8 Å². The molecule has 0 spiro atoms. The van der Waals surface area contributed by atoms with Crippen LogP contribution in [0.3, 0.4) is 0 Å². The van der Waals surface area contributed by atoms with E-state index in [9.17, 15) is 9.59 Å². The lowest BCUT2D eigenvalue weighted by atomic mass is 10.1. The predicted octanol–water partition coefficient (Wildman–Crippen LogP) is 2.29. The number of carbonyl (C=O) groups excluding carboxylic acids is 2. The lowest BCUT2D eigenvalue weighted by Gasteiger charge is -2.10. The van der Waals surface area contributed by atoms with E-state index in [1.54, 1.807) is 35.1 Å². The third-order valence-electron chi connectivity index (χ3n) is 4.86. The second-order valence-electron chi connectivity index (χ2n) is 6.90. The topological polar surface area (TPSA) is 80.1 Å². The van der Waals surface area contributed by atoms with Crippen molar-refractivity contribution in [2.75, 3.05) is 13.6 Å². The first-order valence-electron chi connectivity index (χ1n) is 9.41. The SMILES string of the molecule is CN1CCC(NC(=O)/C=C/c2cn(-c3ccccc3)nc2-c2cccnc2)C1=O. The maximum Gasteiger partial charge on any atom is 0.244 e. The van der Waals surface area contributed by atoms with Gasteiger partial charge in [0.15, 0.2) is 0 Å². The van der Waals surface area contributed by atoms with Crippen molar-refractivity contribution < 1.29 is 9.59 Å². The van der Waals surface area contributed by atoms with Gasteiger partial charge in [-0.25, -0.2) is 4.68 Å². The molecule has 1 aromatic carbocycles. The van der Waals surface area contributed by atoms with Crippen LogP contribution >= 0.6 is 0 Å². The van der Waals surface area contributed by atoms with Gasteiger partial charge in [0.25, 0.3) is 0 Å². The van der Waals surface area contributed by atoms with Crippen molar-refractivity contribution in [1.29, 1.82) is 0 Å². The average Bonchev–Trinajstić information content (AvgIpc) is 3.32. The Bertz CT molecular complexity index is 1040. The van der Waals surface area contributed by atoms with Crippen LogP contribution in [0.2, 0.25) is 0 Å². The van der Waals surface area contributed by atoms with Crippen LogP contribution < -0.4 is 5.32 Å². The zero-order valence-electron chi connectivity index (χ0n) is 16.0. The molecule has 1 aliphatic rings. The van der Waals surface area contributed by atoms with Crippen LogP contribution in [-0.4, -0.2) is 51.1 Å². The summed E-state index contributed by atoms with van der Waals surface area (Å²) in [6.07, 6.45) is 9.10. The normalized spacial score (nSPS) is 16.5. The Morgan fingerprint density at radius 3 is 2.72 bits per heavy atom. The maximum absolute atomic E-state index is 12.3. The van der Waals surface area contributed by atoms with Crippen molar-refractivity contribution in [2.24, 2.45) is 0 Å². The van der Waals surface area contributed by atoms with Crippen LogP contribution in [0.4, 0.5) is 0 Å². The average molecular weight is 387 g/mol. The van der Waals surface area contributed by atoms with Gasteiger partial charge in [-0.2, -0.15) is 5.10 Å². The number of amides is 2. The second kappa shape index (κ2) is 8.10. The molecule has 7 nitrogen and oxygen atoms in total. The fourth-order valence-electron chi connectivity index (χ4n) is 3.29. The molecule has 1 N–H and O–H groups in total. The number of carbonyl (C=O) groups is 2. The smallest absolute Gasteiger partial charge is 0.244 e. The number of likely N-dealkylation sites (tertiary alicyclic amines) is 1. The van der Waals surface area contributed by atoms with Crippen LogP contribution in [0.25, 0.3) is 23.0 Å². The highest BCUT2D eigenvalue weighted by Gasteiger charge is 2.29. The number of benzene rings is 1. The molecule has 1 fully saturated rings. The molecule has 3 heterocycles. The third kappa shape index (κ3) is 4.08. The van der Waals surface area contributed by atoms with Crippen molar-refractivity contribution in [2.45, 2.75) is 12.5 Å². The quantitative estimate of drug-likeness (QED) is 0.681. The summed E-state index contributed by atoms with van der Waals surface area (Å²) in [7, 11) is 1.74. The number of likely N-dealkylation sites (N-methyl/N-ethyl adjacent to an activating group) is 1. The molecule has 1 saturated heterocycles. The lowest BCUT2D eigenvalue weighted by molar-refractivity contribution is -0.130. The Hall–Kier alpha value is -3.74. The van der Waals surface area contributed by atoms with Crippen molar-refractivity contribution in [3.8, 4) is 16.9 Å². The summed E-state index contributed by atoms with van der Waals surface area (Å²) in [4.78, 5) is 30.1. The predicted molar refractivity (Wildman–Crippen MR) is 110 cm³/mol. The minimum Gasteiger partial charge on any atom is -0.344 e.